The molecule has 2 aromatic rings. The maximum absolute atomic E-state index is 12.6. The van der Waals surface area contributed by atoms with E-state index >= 15 is 0 Å². The Labute approximate surface area is 118 Å². The Morgan fingerprint density at radius 2 is 2.05 bits per heavy atom. The van der Waals surface area contributed by atoms with Crippen LogP contribution in [0.25, 0.3) is 0 Å². The molecule has 1 N–H and O–H groups in total. The van der Waals surface area contributed by atoms with E-state index in [4.69, 9.17) is 4.42 Å². The molecule has 0 saturated heterocycles. The van der Waals surface area contributed by atoms with Gasteiger partial charge in [-0.25, -0.2) is 13.4 Å². The molecule has 0 aliphatic heterocycles. The molecule has 0 aliphatic carbocycles. The van der Waals surface area contributed by atoms with Crippen molar-refractivity contribution < 1.29 is 12.8 Å². The molecule has 7 heteroatoms. The summed E-state index contributed by atoms with van der Waals surface area (Å²) in [7, 11) is -3.61. The van der Waals surface area contributed by atoms with Crippen LogP contribution in [0, 0.1) is 13.8 Å². The number of aromatic amines is 1. The molecule has 0 aliphatic rings. The highest BCUT2D eigenvalue weighted by Crippen LogP contribution is 2.20. The van der Waals surface area contributed by atoms with Crippen molar-refractivity contribution in [3.8, 4) is 0 Å². The van der Waals surface area contributed by atoms with Crippen molar-refractivity contribution in [3.63, 3.8) is 0 Å². The highest BCUT2D eigenvalue weighted by atomic mass is 32.2. The number of nitrogens with one attached hydrogen (secondary N) is 1. The fourth-order valence-corrected chi connectivity index (χ4v) is 3.49. The fraction of sp³-hybridized carbons (Fsp3) is 0.462. The van der Waals surface area contributed by atoms with Crippen LogP contribution >= 0.6 is 0 Å². The van der Waals surface area contributed by atoms with Gasteiger partial charge in [0.2, 0.25) is 0 Å². The van der Waals surface area contributed by atoms with Gasteiger partial charge in [-0.05, 0) is 39.8 Å². The summed E-state index contributed by atoms with van der Waals surface area (Å²) in [5.41, 5.74) is 0. The molecule has 6 nitrogen and oxygen atoms in total. The lowest BCUT2D eigenvalue weighted by atomic mass is 10.3. The molecule has 0 amide bonds. The molecule has 0 radical (unpaired) electrons. The van der Waals surface area contributed by atoms with Crippen LogP contribution in [-0.4, -0.2) is 28.7 Å². The Bertz CT molecular complexity index is 685. The number of aromatic nitrogens is 2. The number of imidazole rings is 1. The van der Waals surface area contributed by atoms with Crippen LogP contribution in [-0.2, 0) is 16.6 Å². The van der Waals surface area contributed by atoms with E-state index in [1.54, 1.807) is 13.0 Å². The third kappa shape index (κ3) is 2.94. The maximum Gasteiger partial charge on any atom is 0.260 e. The van der Waals surface area contributed by atoms with Crippen LogP contribution in [0.5, 0.6) is 0 Å². The molecular formula is C13H19N3O3S. The van der Waals surface area contributed by atoms with Gasteiger partial charge in [0.25, 0.3) is 10.0 Å². The van der Waals surface area contributed by atoms with E-state index in [1.165, 1.54) is 10.5 Å². The van der Waals surface area contributed by atoms with Gasteiger partial charge in [0.1, 0.15) is 17.3 Å². The summed E-state index contributed by atoms with van der Waals surface area (Å²) in [4.78, 5) is 6.72. The third-order valence-electron chi connectivity index (χ3n) is 2.95. The van der Waals surface area contributed by atoms with Crippen LogP contribution in [0.3, 0.4) is 0 Å². The van der Waals surface area contributed by atoms with Gasteiger partial charge in [0, 0.05) is 6.04 Å². The molecule has 0 saturated carbocycles. The van der Waals surface area contributed by atoms with Crippen molar-refractivity contribution in [2.75, 3.05) is 0 Å². The van der Waals surface area contributed by atoms with Gasteiger partial charge >= 0.3 is 0 Å². The standard InChI is InChI=1S/C13H19N3O3S/c1-9(2)16(8-12-6-5-10(3)19-12)20(17,18)13-7-14-11(4)15-13/h5-7,9H,8H2,1-4H3,(H,14,15). The van der Waals surface area contributed by atoms with Crippen LogP contribution in [0.15, 0.2) is 27.8 Å². The molecule has 0 aromatic carbocycles. The molecule has 20 heavy (non-hydrogen) atoms. The number of hydrogen-bond acceptors (Lipinski definition) is 4. The predicted molar refractivity (Wildman–Crippen MR) is 74.6 cm³/mol. The monoisotopic (exact) mass is 297 g/mol. The normalized spacial score (nSPS) is 12.5. The van der Waals surface area contributed by atoms with E-state index in [0.29, 0.717) is 11.6 Å². The molecule has 2 rings (SSSR count). The Hall–Kier alpha value is -1.60. The first kappa shape index (κ1) is 14.8. The zero-order valence-electron chi connectivity index (χ0n) is 12.0. The summed E-state index contributed by atoms with van der Waals surface area (Å²) in [6.45, 7) is 7.41. The van der Waals surface area contributed by atoms with Gasteiger partial charge in [-0.1, -0.05) is 0 Å². The van der Waals surface area contributed by atoms with Gasteiger partial charge < -0.3 is 9.40 Å². The number of hydrogen-bond donors (Lipinski definition) is 1. The lowest BCUT2D eigenvalue weighted by Gasteiger charge is -2.24. The highest BCUT2D eigenvalue weighted by molar-refractivity contribution is 7.89. The number of rotatable bonds is 5. The number of sulfonamides is 1. The van der Waals surface area contributed by atoms with Crippen molar-refractivity contribution in [1.82, 2.24) is 14.3 Å². The smallest absolute Gasteiger partial charge is 0.260 e. The predicted octanol–water partition coefficient (Wildman–Crippen LogP) is 2.22. The van der Waals surface area contributed by atoms with Gasteiger partial charge in [0.05, 0.1) is 12.7 Å². The summed E-state index contributed by atoms with van der Waals surface area (Å²) >= 11 is 0. The van der Waals surface area contributed by atoms with E-state index in [9.17, 15) is 8.42 Å². The van der Waals surface area contributed by atoms with Gasteiger partial charge in [-0.15, -0.1) is 0 Å². The Morgan fingerprint density at radius 1 is 1.35 bits per heavy atom. The van der Waals surface area contributed by atoms with E-state index in [1.807, 2.05) is 26.8 Å². The second kappa shape index (κ2) is 5.41. The van der Waals surface area contributed by atoms with Crippen LogP contribution < -0.4 is 0 Å². The fourth-order valence-electron chi connectivity index (χ4n) is 1.92. The second-order valence-electron chi connectivity index (χ2n) is 4.99. The third-order valence-corrected chi connectivity index (χ3v) is 4.88. The average molecular weight is 297 g/mol. The van der Waals surface area contributed by atoms with Gasteiger partial charge in [-0.3, -0.25) is 0 Å². The van der Waals surface area contributed by atoms with E-state index < -0.39 is 10.0 Å². The van der Waals surface area contributed by atoms with Crippen molar-refractivity contribution >= 4 is 10.0 Å². The zero-order chi connectivity index (χ0) is 14.9. The molecule has 0 spiro atoms. The largest absolute Gasteiger partial charge is 0.465 e. The molecule has 110 valence electrons. The molecule has 0 atom stereocenters. The molecular weight excluding hydrogens is 278 g/mol. The maximum atomic E-state index is 12.6. The van der Waals surface area contributed by atoms with Gasteiger partial charge in [-0.2, -0.15) is 4.31 Å². The number of nitrogens with zero attached hydrogens (tertiary/aromatic N) is 2. The first-order valence-corrected chi connectivity index (χ1v) is 7.83. The second-order valence-corrected chi connectivity index (χ2v) is 6.85. The van der Waals surface area contributed by atoms with Crippen molar-refractivity contribution in [3.05, 3.63) is 35.7 Å². The van der Waals surface area contributed by atoms with Crippen molar-refractivity contribution in [1.29, 1.82) is 0 Å². The molecule has 0 unspecified atom stereocenters. The first-order chi connectivity index (χ1) is 9.30. The lowest BCUT2D eigenvalue weighted by molar-refractivity contribution is 0.314. The summed E-state index contributed by atoms with van der Waals surface area (Å²) in [5, 5.41) is 0.104. The minimum atomic E-state index is -3.61. The Balaban J connectivity index is 2.33. The SMILES string of the molecule is Cc1ncc(S(=O)(=O)N(Cc2ccc(C)o2)C(C)C)[nH]1. The zero-order valence-corrected chi connectivity index (χ0v) is 12.9. The topological polar surface area (TPSA) is 79.2 Å². The quantitative estimate of drug-likeness (QED) is 0.917. The summed E-state index contributed by atoms with van der Waals surface area (Å²) in [5.74, 6) is 1.95. The number of furan rings is 1. The van der Waals surface area contributed by atoms with E-state index in [0.717, 1.165) is 5.76 Å². The van der Waals surface area contributed by atoms with Crippen molar-refractivity contribution in [2.45, 2.75) is 45.3 Å². The van der Waals surface area contributed by atoms with Crippen molar-refractivity contribution in [2.24, 2.45) is 0 Å². The number of aryl methyl sites for hydroxylation is 2. The summed E-state index contributed by atoms with van der Waals surface area (Å²) < 4.78 is 32.1. The molecule has 2 aromatic heterocycles. The van der Waals surface area contributed by atoms with Crippen LogP contribution in [0.4, 0.5) is 0 Å². The molecule has 2 heterocycles. The van der Waals surface area contributed by atoms with E-state index in [2.05, 4.69) is 9.97 Å². The summed E-state index contributed by atoms with van der Waals surface area (Å²) in [6.07, 6.45) is 1.34. The summed E-state index contributed by atoms with van der Waals surface area (Å²) in [6, 6.07) is 3.42. The number of H-pyrrole nitrogens is 1. The Kier molecular flexibility index (Phi) is 4.01. The molecule has 0 bridgehead atoms. The average Bonchev–Trinajstić information content (AvgIpc) is 2.94. The minimum absolute atomic E-state index is 0.104. The van der Waals surface area contributed by atoms with Gasteiger partial charge in [0.15, 0.2) is 5.03 Å². The highest BCUT2D eigenvalue weighted by Gasteiger charge is 2.29. The van der Waals surface area contributed by atoms with Crippen LogP contribution in [0.1, 0.15) is 31.2 Å². The molecule has 0 fully saturated rings. The van der Waals surface area contributed by atoms with Crippen LogP contribution in [0.2, 0.25) is 0 Å². The lowest BCUT2D eigenvalue weighted by Crippen LogP contribution is -2.36. The Morgan fingerprint density at radius 3 is 2.50 bits per heavy atom. The first-order valence-electron chi connectivity index (χ1n) is 6.39. The van der Waals surface area contributed by atoms with E-state index in [-0.39, 0.29) is 17.6 Å². The minimum Gasteiger partial charge on any atom is -0.465 e.